The second-order valence-electron chi connectivity index (χ2n) is 8.65. The maximum Gasteiger partial charge on any atom is 0.256 e. The summed E-state index contributed by atoms with van der Waals surface area (Å²) >= 11 is 1.75. The number of benzene rings is 1. The van der Waals surface area contributed by atoms with E-state index in [1.165, 1.54) is 16.9 Å². The van der Waals surface area contributed by atoms with Crippen molar-refractivity contribution in [1.29, 1.82) is 0 Å². The Morgan fingerprint density at radius 1 is 1.21 bits per heavy atom. The molecule has 0 bridgehead atoms. The van der Waals surface area contributed by atoms with Crippen LogP contribution in [0.1, 0.15) is 66.1 Å². The van der Waals surface area contributed by atoms with E-state index in [0.29, 0.717) is 17.1 Å². The summed E-state index contributed by atoms with van der Waals surface area (Å²) in [6.07, 6.45) is 4.06. The number of anilines is 1. The minimum Gasteiger partial charge on any atom is -0.497 e. The molecule has 1 aromatic heterocycles. The fraction of sp³-hybridized carbons (Fsp3) is 0.522. The molecule has 29 heavy (non-hydrogen) atoms. The van der Waals surface area contributed by atoms with Gasteiger partial charge in [0.25, 0.3) is 5.91 Å². The fourth-order valence-corrected chi connectivity index (χ4v) is 5.82. The number of methoxy groups -OCH3 is 2. The maximum atomic E-state index is 13.0. The Bertz CT molecular complexity index is 934. The van der Waals surface area contributed by atoms with E-state index in [9.17, 15) is 4.79 Å². The first-order chi connectivity index (χ1) is 13.9. The number of hydrogen-bond acceptors (Lipinski definition) is 5. The first-order valence-corrected chi connectivity index (χ1v) is 11.1. The second kappa shape index (κ2) is 7.56. The van der Waals surface area contributed by atoms with Gasteiger partial charge in [0.15, 0.2) is 0 Å². The molecule has 1 aliphatic carbocycles. The van der Waals surface area contributed by atoms with E-state index in [4.69, 9.17) is 9.47 Å². The summed E-state index contributed by atoms with van der Waals surface area (Å²) in [5.74, 6) is 2.09. The van der Waals surface area contributed by atoms with Gasteiger partial charge in [0, 0.05) is 16.5 Å². The Labute approximate surface area is 176 Å². The second-order valence-corrected chi connectivity index (χ2v) is 9.75. The van der Waals surface area contributed by atoms with Gasteiger partial charge in [0.1, 0.15) is 22.7 Å². The van der Waals surface area contributed by atoms with Crippen LogP contribution in [0, 0.1) is 11.3 Å². The van der Waals surface area contributed by atoms with Crippen molar-refractivity contribution >= 4 is 22.2 Å². The van der Waals surface area contributed by atoms with Crippen molar-refractivity contribution in [2.45, 2.75) is 52.6 Å². The molecule has 0 saturated heterocycles. The van der Waals surface area contributed by atoms with Gasteiger partial charge in [-0.1, -0.05) is 27.2 Å². The molecule has 2 atom stereocenters. The SMILES string of the molecule is CCC(C)(C)[C@@H]1CCc2c(sc3c2C(=O)N[C@@H](c2ccc(OC)cc2OC)N3)C1. The minimum absolute atomic E-state index is 0.00678. The van der Waals surface area contributed by atoms with Crippen molar-refractivity contribution in [2.75, 3.05) is 19.5 Å². The minimum atomic E-state index is -0.321. The van der Waals surface area contributed by atoms with E-state index in [1.807, 2.05) is 18.2 Å². The normalized spacial score (nSPS) is 20.9. The number of fused-ring (bicyclic) bond motifs is 3. The standard InChI is InChI=1S/C23H30N2O3S/c1-6-23(2,3)13-7-9-16-18(11-13)29-22-19(16)21(26)24-20(25-22)15-10-8-14(27-4)12-17(15)28-5/h8,10,12-13,20,25H,6-7,9,11H2,1-5H3,(H,24,26)/t13-,20-/m1/s1. The molecule has 2 heterocycles. The summed E-state index contributed by atoms with van der Waals surface area (Å²) in [5, 5.41) is 7.66. The predicted molar refractivity (Wildman–Crippen MR) is 117 cm³/mol. The summed E-state index contributed by atoms with van der Waals surface area (Å²) in [6.45, 7) is 7.01. The van der Waals surface area contributed by atoms with Gasteiger partial charge in [-0.25, -0.2) is 0 Å². The number of thiophene rings is 1. The van der Waals surface area contributed by atoms with Crippen LogP contribution in [0.4, 0.5) is 5.00 Å². The highest BCUT2D eigenvalue weighted by atomic mass is 32.1. The lowest BCUT2D eigenvalue weighted by molar-refractivity contribution is 0.0934. The number of rotatable bonds is 5. The van der Waals surface area contributed by atoms with Gasteiger partial charge in [0.05, 0.1) is 19.8 Å². The molecule has 0 spiro atoms. The van der Waals surface area contributed by atoms with Gasteiger partial charge in [-0.15, -0.1) is 11.3 Å². The smallest absolute Gasteiger partial charge is 0.256 e. The van der Waals surface area contributed by atoms with Crippen LogP contribution in [0.15, 0.2) is 18.2 Å². The molecule has 4 rings (SSSR count). The third-order valence-electron chi connectivity index (χ3n) is 6.81. The van der Waals surface area contributed by atoms with Crippen molar-refractivity contribution in [3.63, 3.8) is 0 Å². The molecule has 0 unspecified atom stereocenters. The zero-order chi connectivity index (χ0) is 20.8. The number of amides is 1. The average molecular weight is 415 g/mol. The van der Waals surface area contributed by atoms with Crippen LogP contribution in [0.25, 0.3) is 0 Å². The zero-order valence-electron chi connectivity index (χ0n) is 17.8. The summed E-state index contributed by atoms with van der Waals surface area (Å²) in [7, 11) is 3.26. The lowest BCUT2D eigenvalue weighted by Crippen LogP contribution is -2.38. The maximum absolute atomic E-state index is 13.0. The molecule has 6 heteroatoms. The van der Waals surface area contributed by atoms with E-state index in [2.05, 4.69) is 31.4 Å². The third kappa shape index (κ3) is 3.48. The summed E-state index contributed by atoms with van der Waals surface area (Å²) < 4.78 is 10.8. The Hall–Kier alpha value is -2.21. The predicted octanol–water partition coefficient (Wildman–Crippen LogP) is 5.16. The number of hydrogen-bond donors (Lipinski definition) is 2. The molecule has 156 valence electrons. The first-order valence-electron chi connectivity index (χ1n) is 10.3. The number of carbonyl (C=O) groups excluding carboxylic acids is 1. The number of ether oxygens (including phenoxy) is 2. The number of nitrogens with one attached hydrogen (secondary N) is 2. The van der Waals surface area contributed by atoms with E-state index in [1.54, 1.807) is 25.6 Å². The third-order valence-corrected chi connectivity index (χ3v) is 8.00. The zero-order valence-corrected chi connectivity index (χ0v) is 18.7. The Balaban J connectivity index is 1.64. The van der Waals surface area contributed by atoms with Crippen LogP contribution in [0.2, 0.25) is 0 Å². The lowest BCUT2D eigenvalue weighted by atomic mass is 9.69. The molecule has 2 aromatic rings. The summed E-state index contributed by atoms with van der Waals surface area (Å²) in [5.41, 5.74) is 3.32. The number of carbonyl (C=O) groups is 1. The lowest BCUT2D eigenvalue weighted by Gasteiger charge is -2.36. The van der Waals surface area contributed by atoms with Gasteiger partial charge >= 0.3 is 0 Å². The largest absolute Gasteiger partial charge is 0.497 e. The average Bonchev–Trinajstić information content (AvgIpc) is 3.11. The van der Waals surface area contributed by atoms with Gasteiger partial charge in [-0.05, 0) is 48.3 Å². The Morgan fingerprint density at radius 2 is 2.00 bits per heavy atom. The van der Waals surface area contributed by atoms with Crippen LogP contribution in [-0.4, -0.2) is 20.1 Å². The van der Waals surface area contributed by atoms with Crippen molar-refractivity contribution in [3.05, 3.63) is 39.8 Å². The molecular weight excluding hydrogens is 384 g/mol. The summed E-state index contributed by atoms with van der Waals surface area (Å²) in [6, 6.07) is 5.67. The van der Waals surface area contributed by atoms with E-state index >= 15 is 0 Å². The molecular formula is C23H30N2O3S. The molecule has 2 N–H and O–H groups in total. The summed E-state index contributed by atoms with van der Waals surface area (Å²) in [4.78, 5) is 14.4. The monoisotopic (exact) mass is 414 g/mol. The first kappa shape index (κ1) is 20.1. The topological polar surface area (TPSA) is 59.6 Å². The highest BCUT2D eigenvalue weighted by Crippen LogP contribution is 2.47. The van der Waals surface area contributed by atoms with Gasteiger partial charge < -0.3 is 20.1 Å². The van der Waals surface area contributed by atoms with Gasteiger partial charge in [-0.3, -0.25) is 4.79 Å². The quantitative estimate of drug-likeness (QED) is 0.709. The van der Waals surface area contributed by atoms with Crippen LogP contribution >= 0.6 is 11.3 Å². The molecule has 1 amide bonds. The highest BCUT2D eigenvalue weighted by molar-refractivity contribution is 7.16. The van der Waals surface area contributed by atoms with Crippen molar-refractivity contribution in [3.8, 4) is 11.5 Å². The van der Waals surface area contributed by atoms with Crippen LogP contribution in [0.5, 0.6) is 11.5 Å². The van der Waals surface area contributed by atoms with Gasteiger partial charge in [-0.2, -0.15) is 0 Å². The van der Waals surface area contributed by atoms with E-state index in [-0.39, 0.29) is 12.1 Å². The van der Waals surface area contributed by atoms with Crippen molar-refractivity contribution < 1.29 is 14.3 Å². The van der Waals surface area contributed by atoms with Crippen molar-refractivity contribution in [1.82, 2.24) is 5.32 Å². The van der Waals surface area contributed by atoms with Crippen LogP contribution in [0.3, 0.4) is 0 Å². The van der Waals surface area contributed by atoms with Gasteiger partial charge in [0.2, 0.25) is 0 Å². The van der Waals surface area contributed by atoms with Crippen molar-refractivity contribution in [2.24, 2.45) is 11.3 Å². The highest BCUT2D eigenvalue weighted by Gasteiger charge is 2.37. The van der Waals surface area contributed by atoms with E-state index < -0.39 is 0 Å². The molecule has 0 saturated carbocycles. The molecule has 5 nitrogen and oxygen atoms in total. The fourth-order valence-electron chi connectivity index (χ4n) is 4.47. The Kier molecular flexibility index (Phi) is 5.23. The molecule has 1 aliphatic heterocycles. The van der Waals surface area contributed by atoms with E-state index in [0.717, 1.165) is 41.1 Å². The molecule has 2 aliphatic rings. The molecule has 0 radical (unpaired) electrons. The molecule has 1 aromatic carbocycles. The van der Waals surface area contributed by atoms with Crippen LogP contribution in [-0.2, 0) is 12.8 Å². The van der Waals surface area contributed by atoms with Crippen LogP contribution < -0.4 is 20.1 Å². The molecule has 0 fully saturated rings. The Morgan fingerprint density at radius 3 is 2.69 bits per heavy atom.